The van der Waals surface area contributed by atoms with Gasteiger partial charge in [-0.3, -0.25) is 0 Å². The van der Waals surface area contributed by atoms with Crippen molar-refractivity contribution in [3.63, 3.8) is 0 Å². The zero-order valence-corrected chi connectivity index (χ0v) is 10.3. The first kappa shape index (κ1) is 10.1. The molecule has 0 unspecified atom stereocenters. The summed E-state index contributed by atoms with van der Waals surface area (Å²) in [6, 6.07) is 8.84. The van der Waals surface area contributed by atoms with Gasteiger partial charge in [0.15, 0.2) is 0 Å². The first-order valence-corrected chi connectivity index (χ1v) is 5.80. The van der Waals surface area contributed by atoms with Crippen molar-refractivity contribution in [2.75, 3.05) is 0 Å². The van der Waals surface area contributed by atoms with Crippen LogP contribution in [0.2, 0.25) is 5.02 Å². The SMILES string of the molecule is Fc1cc2oc3ccccc3c2c(Br)c1Cl. The summed E-state index contributed by atoms with van der Waals surface area (Å²) >= 11 is 9.15. The number of halogens is 3. The molecule has 1 nitrogen and oxygen atoms in total. The third-order valence-corrected chi connectivity index (χ3v) is 3.89. The van der Waals surface area contributed by atoms with Crippen molar-refractivity contribution in [1.29, 1.82) is 0 Å². The van der Waals surface area contributed by atoms with Gasteiger partial charge >= 0.3 is 0 Å². The topological polar surface area (TPSA) is 13.1 Å². The summed E-state index contributed by atoms with van der Waals surface area (Å²) in [5.41, 5.74) is 1.22. The van der Waals surface area contributed by atoms with Crippen LogP contribution in [-0.4, -0.2) is 0 Å². The fourth-order valence-corrected chi connectivity index (χ4v) is 2.53. The second-order valence-electron chi connectivity index (χ2n) is 3.46. The molecule has 0 fully saturated rings. The second-order valence-corrected chi connectivity index (χ2v) is 4.63. The number of hydrogen-bond donors (Lipinski definition) is 0. The molecule has 16 heavy (non-hydrogen) atoms. The molecule has 3 rings (SSSR count). The number of benzene rings is 2. The van der Waals surface area contributed by atoms with Crippen LogP contribution in [0.4, 0.5) is 4.39 Å². The average molecular weight is 300 g/mol. The summed E-state index contributed by atoms with van der Waals surface area (Å²) in [5, 5.41) is 1.81. The fraction of sp³-hybridized carbons (Fsp3) is 0. The molecule has 0 saturated heterocycles. The number of furan rings is 1. The van der Waals surface area contributed by atoms with E-state index in [0.29, 0.717) is 10.1 Å². The normalized spacial score (nSPS) is 11.4. The summed E-state index contributed by atoms with van der Waals surface area (Å²) in [5.74, 6) is -0.486. The Kier molecular flexibility index (Phi) is 2.19. The standard InChI is InChI=1S/C12H5BrClFO/c13-11-10-6-3-1-2-4-8(6)16-9(10)5-7(15)12(11)14/h1-5H. The van der Waals surface area contributed by atoms with Crippen LogP contribution < -0.4 is 0 Å². The molecule has 1 heterocycles. The minimum absolute atomic E-state index is 0.0825. The maximum Gasteiger partial charge on any atom is 0.146 e. The Morgan fingerprint density at radius 2 is 1.94 bits per heavy atom. The maximum atomic E-state index is 13.4. The van der Waals surface area contributed by atoms with E-state index in [1.54, 1.807) is 0 Å². The number of rotatable bonds is 0. The summed E-state index contributed by atoms with van der Waals surface area (Å²) in [6.45, 7) is 0. The largest absolute Gasteiger partial charge is 0.456 e. The first-order valence-electron chi connectivity index (χ1n) is 4.63. The highest BCUT2D eigenvalue weighted by Crippen LogP contribution is 2.39. The van der Waals surface area contributed by atoms with Crippen LogP contribution in [0.15, 0.2) is 39.2 Å². The van der Waals surface area contributed by atoms with Gasteiger partial charge in [0.1, 0.15) is 17.0 Å². The second kappa shape index (κ2) is 3.47. The Morgan fingerprint density at radius 3 is 2.75 bits per heavy atom. The van der Waals surface area contributed by atoms with Crippen LogP contribution in [0.3, 0.4) is 0 Å². The quantitative estimate of drug-likeness (QED) is 0.524. The predicted molar refractivity (Wildman–Crippen MR) is 66.4 cm³/mol. The lowest BCUT2D eigenvalue weighted by atomic mass is 10.1. The third-order valence-electron chi connectivity index (χ3n) is 2.50. The molecule has 4 heteroatoms. The van der Waals surface area contributed by atoms with Crippen molar-refractivity contribution in [2.45, 2.75) is 0 Å². The zero-order chi connectivity index (χ0) is 11.3. The van der Waals surface area contributed by atoms with Crippen LogP contribution in [0.25, 0.3) is 21.9 Å². The number of fused-ring (bicyclic) bond motifs is 3. The molecule has 0 N–H and O–H groups in total. The molecule has 0 aliphatic rings. The van der Waals surface area contributed by atoms with Gasteiger partial charge in [0.25, 0.3) is 0 Å². The van der Waals surface area contributed by atoms with Crippen molar-refractivity contribution in [3.8, 4) is 0 Å². The minimum atomic E-state index is -0.486. The van der Waals surface area contributed by atoms with E-state index in [4.69, 9.17) is 16.0 Å². The zero-order valence-electron chi connectivity index (χ0n) is 7.93. The lowest BCUT2D eigenvalue weighted by Gasteiger charge is -1.98. The van der Waals surface area contributed by atoms with Crippen molar-refractivity contribution in [1.82, 2.24) is 0 Å². The van der Waals surface area contributed by atoms with Gasteiger partial charge in [-0.1, -0.05) is 29.8 Å². The summed E-state index contributed by atoms with van der Waals surface area (Å²) in [7, 11) is 0. The summed E-state index contributed by atoms with van der Waals surface area (Å²) < 4.78 is 19.5. The van der Waals surface area contributed by atoms with E-state index in [-0.39, 0.29) is 5.02 Å². The van der Waals surface area contributed by atoms with Crippen LogP contribution in [0.1, 0.15) is 0 Å². The Labute approximate surface area is 104 Å². The molecule has 0 atom stereocenters. The summed E-state index contributed by atoms with van der Waals surface area (Å²) in [6.07, 6.45) is 0. The lowest BCUT2D eigenvalue weighted by molar-refractivity contribution is 0.618. The van der Waals surface area contributed by atoms with E-state index in [0.717, 1.165) is 16.4 Å². The van der Waals surface area contributed by atoms with Gasteiger partial charge < -0.3 is 4.42 Å². The third kappa shape index (κ3) is 1.28. The van der Waals surface area contributed by atoms with Crippen LogP contribution in [0, 0.1) is 5.82 Å². The van der Waals surface area contributed by atoms with Crippen molar-refractivity contribution in [2.24, 2.45) is 0 Å². The number of hydrogen-bond acceptors (Lipinski definition) is 1. The van der Waals surface area contributed by atoms with Crippen molar-refractivity contribution < 1.29 is 8.81 Å². The van der Waals surface area contributed by atoms with E-state index >= 15 is 0 Å². The molecule has 0 aliphatic carbocycles. The molecule has 0 radical (unpaired) electrons. The highest BCUT2D eigenvalue weighted by atomic mass is 79.9. The van der Waals surface area contributed by atoms with Crippen LogP contribution in [0.5, 0.6) is 0 Å². The molecule has 0 aliphatic heterocycles. The Balaban J connectivity index is 2.62. The smallest absolute Gasteiger partial charge is 0.146 e. The lowest BCUT2D eigenvalue weighted by Crippen LogP contribution is -1.79. The van der Waals surface area contributed by atoms with Gasteiger partial charge in [-0.2, -0.15) is 0 Å². The molecule has 1 aromatic heterocycles. The minimum Gasteiger partial charge on any atom is -0.456 e. The van der Waals surface area contributed by atoms with Gasteiger partial charge in [0.05, 0.1) is 9.50 Å². The Bertz CT molecular complexity index is 705. The van der Waals surface area contributed by atoms with Gasteiger partial charge in [-0.25, -0.2) is 4.39 Å². The van der Waals surface area contributed by atoms with Gasteiger partial charge in [-0.15, -0.1) is 0 Å². The molecule has 80 valence electrons. The molecule has 3 aromatic rings. The fourth-order valence-electron chi connectivity index (χ4n) is 1.79. The van der Waals surface area contributed by atoms with E-state index in [1.807, 2.05) is 24.3 Å². The van der Waals surface area contributed by atoms with Crippen molar-refractivity contribution in [3.05, 3.63) is 45.6 Å². The van der Waals surface area contributed by atoms with Gasteiger partial charge in [-0.05, 0) is 22.0 Å². The van der Waals surface area contributed by atoms with E-state index in [1.165, 1.54) is 6.07 Å². The van der Waals surface area contributed by atoms with Gasteiger partial charge in [0.2, 0.25) is 0 Å². The molecular formula is C12H5BrClFO. The van der Waals surface area contributed by atoms with Gasteiger partial charge in [0, 0.05) is 16.8 Å². The van der Waals surface area contributed by atoms with Crippen LogP contribution >= 0.6 is 27.5 Å². The average Bonchev–Trinajstić information content (AvgIpc) is 2.64. The summed E-state index contributed by atoms with van der Waals surface area (Å²) in [4.78, 5) is 0. The molecule has 0 spiro atoms. The highest BCUT2D eigenvalue weighted by Gasteiger charge is 2.15. The molecular weight excluding hydrogens is 294 g/mol. The Hall–Kier alpha value is -1.06. The van der Waals surface area contributed by atoms with Crippen molar-refractivity contribution >= 4 is 49.5 Å². The highest BCUT2D eigenvalue weighted by molar-refractivity contribution is 9.10. The van der Waals surface area contributed by atoms with E-state index in [9.17, 15) is 4.39 Å². The molecule has 0 saturated carbocycles. The maximum absolute atomic E-state index is 13.4. The number of para-hydroxylation sites is 1. The molecule has 0 amide bonds. The Morgan fingerprint density at radius 1 is 1.19 bits per heavy atom. The molecule has 0 bridgehead atoms. The van der Waals surface area contributed by atoms with Crippen LogP contribution in [-0.2, 0) is 0 Å². The first-order chi connectivity index (χ1) is 7.68. The van der Waals surface area contributed by atoms with E-state index < -0.39 is 5.82 Å². The predicted octanol–water partition coefficient (Wildman–Crippen LogP) is 5.14. The monoisotopic (exact) mass is 298 g/mol. The molecule has 2 aromatic carbocycles. The van der Waals surface area contributed by atoms with E-state index in [2.05, 4.69) is 15.9 Å².